The first-order valence-electron chi connectivity index (χ1n) is 10.6. The third kappa shape index (κ3) is 5.32. The highest BCUT2D eigenvalue weighted by atomic mass is 32.1. The SMILES string of the molecule is CC(=O)NC(C)c1ccc(-c2csc(NC(=O)c3ccc(-c4ccccc4)nc3C)n2)cc1. The highest BCUT2D eigenvalue weighted by molar-refractivity contribution is 7.14. The van der Waals surface area contributed by atoms with E-state index in [2.05, 4.69) is 20.6 Å². The average molecular weight is 457 g/mol. The van der Waals surface area contributed by atoms with Gasteiger partial charge in [-0.2, -0.15) is 0 Å². The number of aryl methyl sites for hydroxylation is 1. The molecule has 0 aliphatic heterocycles. The number of hydrogen-bond donors (Lipinski definition) is 2. The van der Waals surface area contributed by atoms with E-state index in [4.69, 9.17) is 0 Å². The summed E-state index contributed by atoms with van der Waals surface area (Å²) < 4.78 is 0. The summed E-state index contributed by atoms with van der Waals surface area (Å²) in [4.78, 5) is 33.2. The van der Waals surface area contributed by atoms with Crippen molar-refractivity contribution in [1.82, 2.24) is 15.3 Å². The van der Waals surface area contributed by atoms with Crippen LogP contribution in [0.5, 0.6) is 0 Å². The van der Waals surface area contributed by atoms with Crippen LogP contribution in [-0.4, -0.2) is 21.8 Å². The zero-order valence-electron chi connectivity index (χ0n) is 18.6. The molecule has 2 aromatic carbocycles. The molecule has 1 unspecified atom stereocenters. The van der Waals surface area contributed by atoms with E-state index >= 15 is 0 Å². The van der Waals surface area contributed by atoms with Gasteiger partial charge in [0.05, 0.1) is 28.7 Å². The number of rotatable bonds is 6. The molecule has 4 aromatic rings. The van der Waals surface area contributed by atoms with Gasteiger partial charge in [-0.3, -0.25) is 19.9 Å². The Morgan fingerprint density at radius 2 is 1.58 bits per heavy atom. The number of nitrogens with zero attached hydrogens (tertiary/aromatic N) is 2. The fraction of sp³-hybridized carbons (Fsp3) is 0.154. The molecular formula is C26H24N4O2S. The lowest BCUT2D eigenvalue weighted by Gasteiger charge is -2.13. The van der Waals surface area contributed by atoms with E-state index in [-0.39, 0.29) is 17.9 Å². The second-order valence-electron chi connectivity index (χ2n) is 7.73. The summed E-state index contributed by atoms with van der Waals surface area (Å²) in [6.07, 6.45) is 0. The van der Waals surface area contributed by atoms with Crippen molar-refractivity contribution in [1.29, 1.82) is 0 Å². The van der Waals surface area contributed by atoms with Crippen molar-refractivity contribution < 1.29 is 9.59 Å². The van der Waals surface area contributed by atoms with Crippen molar-refractivity contribution in [3.8, 4) is 22.5 Å². The second kappa shape index (κ2) is 9.75. The van der Waals surface area contributed by atoms with Crippen molar-refractivity contribution in [3.05, 3.63) is 88.9 Å². The molecule has 2 N–H and O–H groups in total. The molecule has 2 amide bonds. The second-order valence-corrected chi connectivity index (χ2v) is 8.59. The normalized spacial score (nSPS) is 11.6. The zero-order chi connectivity index (χ0) is 23.4. The van der Waals surface area contributed by atoms with E-state index in [0.29, 0.717) is 16.4 Å². The molecule has 0 saturated heterocycles. The molecule has 2 heterocycles. The van der Waals surface area contributed by atoms with Crippen molar-refractivity contribution in [2.75, 3.05) is 5.32 Å². The van der Waals surface area contributed by atoms with Gasteiger partial charge in [-0.05, 0) is 31.5 Å². The van der Waals surface area contributed by atoms with Crippen LogP contribution < -0.4 is 10.6 Å². The maximum absolute atomic E-state index is 12.8. The van der Waals surface area contributed by atoms with E-state index in [0.717, 1.165) is 28.1 Å². The van der Waals surface area contributed by atoms with Gasteiger partial charge in [-0.15, -0.1) is 11.3 Å². The topological polar surface area (TPSA) is 84.0 Å². The molecule has 0 aliphatic rings. The molecular weight excluding hydrogens is 432 g/mol. The fourth-order valence-corrected chi connectivity index (χ4v) is 4.24. The first-order valence-corrected chi connectivity index (χ1v) is 11.5. The highest BCUT2D eigenvalue weighted by Crippen LogP contribution is 2.27. The number of benzene rings is 2. The van der Waals surface area contributed by atoms with Crippen molar-refractivity contribution in [2.45, 2.75) is 26.8 Å². The zero-order valence-corrected chi connectivity index (χ0v) is 19.4. The Hall–Kier alpha value is -3.84. The number of amides is 2. The monoisotopic (exact) mass is 456 g/mol. The molecule has 0 fully saturated rings. The van der Waals surface area contributed by atoms with Crippen LogP contribution in [0.3, 0.4) is 0 Å². The number of aromatic nitrogens is 2. The first-order chi connectivity index (χ1) is 15.9. The van der Waals surface area contributed by atoms with Crippen LogP contribution in [0, 0.1) is 6.92 Å². The molecule has 1 atom stereocenters. The number of carbonyl (C=O) groups is 2. The van der Waals surface area contributed by atoms with Crippen molar-refractivity contribution in [2.24, 2.45) is 0 Å². The van der Waals surface area contributed by atoms with Crippen LogP contribution in [0.25, 0.3) is 22.5 Å². The minimum atomic E-state index is -0.236. The quantitative estimate of drug-likeness (QED) is 0.394. The maximum Gasteiger partial charge on any atom is 0.259 e. The van der Waals surface area contributed by atoms with Crippen LogP contribution in [0.1, 0.15) is 41.5 Å². The van der Waals surface area contributed by atoms with Gasteiger partial charge in [-0.1, -0.05) is 54.6 Å². The van der Waals surface area contributed by atoms with Gasteiger partial charge < -0.3 is 5.32 Å². The first kappa shape index (κ1) is 22.4. The van der Waals surface area contributed by atoms with Gasteiger partial charge >= 0.3 is 0 Å². The van der Waals surface area contributed by atoms with Gasteiger partial charge in [0, 0.05) is 23.4 Å². The lowest BCUT2D eigenvalue weighted by molar-refractivity contribution is -0.119. The molecule has 0 radical (unpaired) electrons. The largest absolute Gasteiger partial charge is 0.350 e. The minimum Gasteiger partial charge on any atom is -0.350 e. The van der Waals surface area contributed by atoms with Crippen LogP contribution in [0.2, 0.25) is 0 Å². The maximum atomic E-state index is 12.8. The Bertz CT molecular complexity index is 1280. The molecule has 4 rings (SSSR count). The molecule has 33 heavy (non-hydrogen) atoms. The third-order valence-electron chi connectivity index (χ3n) is 5.25. The number of hydrogen-bond acceptors (Lipinski definition) is 5. The van der Waals surface area contributed by atoms with Crippen LogP contribution in [-0.2, 0) is 4.79 Å². The Kier molecular flexibility index (Phi) is 6.60. The summed E-state index contributed by atoms with van der Waals surface area (Å²) in [6.45, 7) is 5.28. The summed E-state index contributed by atoms with van der Waals surface area (Å²) >= 11 is 1.37. The van der Waals surface area contributed by atoms with Gasteiger partial charge in [0.25, 0.3) is 5.91 Å². The summed E-state index contributed by atoms with van der Waals surface area (Å²) in [7, 11) is 0. The van der Waals surface area contributed by atoms with E-state index < -0.39 is 0 Å². The van der Waals surface area contributed by atoms with E-state index in [1.807, 2.05) is 79.9 Å². The molecule has 0 aliphatic carbocycles. The highest BCUT2D eigenvalue weighted by Gasteiger charge is 2.14. The summed E-state index contributed by atoms with van der Waals surface area (Å²) in [5.41, 5.74) is 5.75. The van der Waals surface area contributed by atoms with Crippen LogP contribution >= 0.6 is 11.3 Å². The number of pyridine rings is 1. The Morgan fingerprint density at radius 3 is 2.24 bits per heavy atom. The average Bonchev–Trinajstić information content (AvgIpc) is 3.27. The molecule has 0 bridgehead atoms. The Morgan fingerprint density at radius 1 is 0.879 bits per heavy atom. The van der Waals surface area contributed by atoms with Gasteiger partial charge in [0.1, 0.15) is 0 Å². The van der Waals surface area contributed by atoms with Crippen molar-refractivity contribution in [3.63, 3.8) is 0 Å². The minimum absolute atomic E-state index is 0.0630. The molecule has 2 aromatic heterocycles. The van der Waals surface area contributed by atoms with Crippen molar-refractivity contribution >= 4 is 28.3 Å². The van der Waals surface area contributed by atoms with E-state index in [1.54, 1.807) is 6.07 Å². The standard InChI is InChI=1S/C26H24N4O2S/c1-16(27-18(3)31)19-9-11-21(12-10-19)24-15-33-26(29-24)30-25(32)22-13-14-23(28-17(22)2)20-7-5-4-6-8-20/h4-16H,1-3H3,(H,27,31)(H,29,30,32). The predicted octanol–water partition coefficient (Wildman–Crippen LogP) is 5.63. The van der Waals surface area contributed by atoms with Gasteiger partial charge in [-0.25, -0.2) is 4.98 Å². The lowest BCUT2D eigenvalue weighted by atomic mass is 10.1. The van der Waals surface area contributed by atoms with E-state index in [9.17, 15) is 9.59 Å². The summed E-state index contributed by atoms with van der Waals surface area (Å²) in [5.74, 6) is -0.299. The smallest absolute Gasteiger partial charge is 0.259 e. The Balaban J connectivity index is 1.45. The number of thiazole rings is 1. The van der Waals surface area contributed by atoms with Gasteiger partial charge in [0.2, 0.25) is 5.91 Å². The molecule has 166 valence electrons. The van der Waals surface area contributed by atoms with Crippen LogP contribution in [0.15, 0.2) is 72.1 Å². The Labute approximate surface area is 196 Å². The summed E-state index contributed by atoms with van der Waals surface area (Å²) in [5, 5.41) is 8.19. The van der Waals surface area contributed by atoms with E-state index in [1.165, 1.54) is 18.3 Å². The lowest BCUT2D eigenvalue weighted by Crippen LogP contribution is -2.23. The fourth-order valence-electron chi connectivity index (χ4n) is 3.53. The van der Waals surface area contributed by atoms with Gasteiger partial charge in [0.15, 0.2) is 5.13 Å². The predicted molar refractivity (Wildman–Crippen MR) is 132 cm³/mol. The number of anilines is 1. The number of nitrogens with one attached hydrogen (secondary N) is 2. The van der Waals surface area contributed by atoms with Crippen LogP contribution in [0.4, 0.5) is 5.13 Å². The molecule has 0 spiro atoms. The third-order valence-corrected chi connectivity index (χ3v) is 6.01. The molecule has 6 nitrogen and oxygen atoms in total. The molecule has 0 saturated carbocycles. The molecule has 7 heteroatoms. The number of carbonyl (C=O) groups excluding carboxylic acids is 2. The summed E-state index contributed by atoms with van der Waals surface area (Å²) in [6, 6.07) is 21.3.